The Morgan fingerprint density at radius 3 is 2.74 bits per heavy atom. The van der Waals surface area contributed by atoms with Crippen LogP contribution >= 0.6 is 0 Å². The number of ether oxygens (including phenoxy) is 1. The van der Waals surface area contributed by atoms with Crippen molar-refractivity contribution >= 4 is 17.8 Å². The van der Waals surface area contributed by atoms with Crippen molar-refractivity contribution in [3.05, 3.63) is 30.1 Å². The van der Waals surface area contributed by atoms with Crippen molar-refractivity contribution in [2.45, 2.75) is 77.3 Å². The number of hydrogen-bond acceptors (Lipinski definition) is 5. The lowest BCUT2D eigenvalue weighted by atomic mass is 9.69. The molecule has 7 nitrogen and oxygen atoms in total. The Morgan fingerprint density at radius 1 is 1.26 bits per heavy atom. The quantitative estimate of drug-likeness (QED) is 0.578. The van der Waals surface area contributed by atoms with Crippen LogP contribution in [0.2, 0.25) is 0 Å². The lowest BCUT2D eigenvalue weighted by Gasteiger charge is -2.36. The number of rotatable bonds is 10. The summed E-state index contributed by atoms with van der Waals surface area (Å²) in [6, 6.07) is 5.78. The molecule has 1 aromatic rings. The molecule has 170 valence electrons. The maximum atomic E-state index is 13.5. The van der Waals surface area contributed by atoms with Crippen LogP contribution in [0.4, 0.5) is 0 Å². The standard InChI is InChI=1S/C24H35N3O4/c1-17(2)11-13-24(23(30)26-15-12-18-6-4-5-14-25-18)16-19-7-8-20(24)27(19)21(28)9-10-22(29)31-3/h4-6,14,17,19-20H,7-13,15-16H2,1-3H3,(H,26,30)/t19-,20+,24+/m1/s1. The summed E-state index contributed by atoms with van der Waals surface area (Å²) in [5.41, 5.74) is 0.407. The Kier molecular flexibility index (Phi) is 7.68. The van der Waals surface area contributed by atoms with Crippen LogP contribution in [-0.2, 0) is 25.5 Å². The average Bonchev–Trinajstić information content (AvgIpc) is 3.33. The minimum Gasteiger partial charge on any atom is -0.469 e. The summed E-state index contributed by atoms with van der Waals surface area (Å²) in [5, 5.41) is 3.15. The summed E-state index contributed by atoms with van der Waals surface area (Å²) in [6.07, 6.45) is 6.88. The zero-order chi connectivity index (χ0) is 22.4. The van der Waals surface area contributed by atoms with E-state index >= 15 is 0 Å². The molecule has 2 bridgehead atoms. The fraction of sp³-hybridized carbons (Fsp3) is 0.667. The predicted octanol–water partition coefficient (Wildman–Crippen LogP) is 2.88. The second-order valence-corrected chi connectivity index (χ2v) is 9.24. The van der Waals surface area contributed by atoms with Gasteiger partial charge < -0.3 is 15.0 Å². The molecule has 2 saturated heterocycles. The van der Waals surface area contributed by atoms with Gasteiger partial charge in [-0.15, -0.1) is 0 Å². The third kappa shape index (κ3) is 5.25. The van der Waals surface area contributed by atoms with Gasteiger partial charge in [-0.25, -0.2) is 0 Å². The first-order chi connectivity index (χ1) is 14.9. The van der Waals surface area contributed by atoms with Crippen molar-refractivity contribution in [1.29, 1.82) is 0 Å². The highest BCUT2D eigenvalue weighted by Gasteiger charge is 2.60. The number of amides is 2. The van der Waals surface area contributed by atoms with Crippen LogP contribution in [0.1, 0.15) is 64.5 Å². The molecule has 0 aliphatic carbocycles. The van der Waals surface area contributed by atoms with Gasteiger partial charge in [-0.2, -0.15) is 0 Å². The molecule has 2 aliphatic heterocycles. The van der Waals surface area contributed by atoms with Crippen LogP contribution in [0.3, 0.4) is 0 Å². The number of hydrogen-bond donors (Lipinski definition) is 1. The van der Waals surface area contributed by atoms with Crippen LogP contribution in [0.25, 0.3) is 0 Å². The van der Waals surface area contributed by atoms with Crippen LogP contribution in [-0.4, -0.2) is 53.4 Å². The second-order valence-electron chi connectivity index (χ2n) is 9.24. The van der Waals surface area contributed by atoms with E-state index in [2.05, 4.69) is 28.9 Å². The third-order valence-corrected chi connectivity index (χ3v) is 6.81. The SMILES string of the molecule is COC(=O)CCC(=O)N1[C@@H]2CC[C@H]1[C@@](CCC(C)C)(C(=O)NCCc1ccccn1)C2. The normalized spacial score (nSPS) is 24.5. The Bertz CT molecular complexity index is 782. The number of nitrogens with zero attached hydrogens (tertiary/aromatic N) is 2. The number of fused-ring (bicyclic) bond motifs is 2. The Balaban J connectivity index is 1.69. The molecule has 0 saturated carbocycles. The molecule has 3 heterocycles. The topological polar surface area (TPSA) is 88.6 Å². The van der Waals surface area contributed by atoms with Gasteiger partial charge >= 0.3 is 5.97 Å². The molecule has 31 heavy (non-hydrogen) atoms. The fourth-order valence-electron chi connectivity index (χ4n) is 5.20. The second kappa shape index (κ2) is 10.2. The first-order valence-electron chi connectivity index (χ1n) is 11.4. The number of nitrogens with one attached hydrogen (secondary N) is 1. The van der Waals surface area contributed by atoms with Crippen molar-refractivity contribution in [3.63, 3.8) is 0 Å². The van der Waals surface area contributed by atoms with E-state index in [-0.39, 0.29) is 42.7 Å². The number of aromatic nitrogens is 1. The molecule has 1 aromatic heterocycles. The summed E-state index contributed by atoms with van der Waals surface area (Å²) in [4.78, 5) is 44.2. The van der Waals surface area contributed by atoms with Crippen molar-refractivity contribution in [2.75, 3.05) is 13.7 Å². The summed E-state index contributed by atoms with van der Waals surface area (Å²) in [7, 11) is 1.33. The van der Waals surface area contributed by atoms with Crippen molar-refractivity contribution in [3.8, 4) is 0 Å². The lowest BCUT2D eigenvalue weighted by Crippen LogP contribution is -2.50. The monoisotopic (exact) mass is 429 g/mol. The van der Waals surface area contributed by atoms with E-state index in [0.717, 1.165) is 31.4 Å². The molecular formula is C24H35N3O4. The molecule has 3 rings (SSSR count). The van der Waals surface area contributed by atoms with Gasteiger partial charge in [0.2, 0.25) is 11.8 Å². The molecule has 0 radical (unpaired) electrons. The molecule has 1 N–H and O–H groups in total. The fourth-order valence-corrected chi connectivity index (χ4v) is 5.20. The third-order valence-electron chi connectivity index (χ3n) is 6.81. The maximum Gasteiger partial charge on any atom is 0.306 e. The van der Waals surface area contributed by atoms with Gasteiger partial charge in [0.25, 0.3) is 0 Å². The number of esters is 1. The van der Waals surface area contributed by atoms with Crippen molar-refractivity contribution < 1.29 is 19.1 Å². The van der Waals surface area contributed by atoms with Gasteiger partial charge in [0.05, 0.1) is 18.9 Å². The van der Waals surface area contributed by atoms with Gasteiger partial charge in [-0.1, -0.05) is 19.9 Å². The van der Waals surface area contributed by atoms with Crippen LogP contribution in [0, 0.1) is 11.3 Å². The van der Waals surface area contributed by atoms with Gasteiger partial charge in [0.1, 0.15) is 0 Å². The number of pyridine rings is 1. The predicted molar refractivity (Wildman–Crippen MR) is 117 cm³/mol. The van der Waals surface area contributed by atoms with Gasteiger partial charge in [-0.3, -0.25) is 19.4 Å². The van der Waals surface area contributed by atoms with Crippen molar-refractivity contribution in [1.82, 2.24) is 15.2 Å². The summed E-state index contributed by atoms with van der Waals surface area (Å²) >= 11 is 0. The molecule has 0 unspecified atom stereocenters. The lowest BCUT2D eigenvalue weighted by molar-refractivity contribution is -0.144. The van der Waals surface area contributed by atoms with E-state index in [4.69, 9.17) is 0 Å². The highest BCUT2D eigenvalue weighted by atomic mass is 16.5. The summed E-state index contributed by atoms with van der Waals surface area (Å²) < 4.78 is 4.68. The molecular weight excluding hydrogens is 394 g/mol. The molecule has 3 atom stereocenters. The molecule has 0 aromatic carbocycles. The minimum atomic E-state index is -0.543. The largest absolute Gasteiger partial charge is 0.469 e. The number of carbonyl (C=O) groups is 3. The van der Waals surface area contributed by atoms with Crippen LogP contribution in [0.5, 0.6) is 0 Å². The van der Waals surface area contributed by atoms with Crippen LogP contribution in [0.15, 0.2) is 24.4 Å². The maximum absolute atomic E-state index is 13.5. The van der Waals surface area contributed by atoms with Gasteiger partial charge in [0.15, 0.2) is 0 Å². The highest BCUT2D eigenvalue weighted by molar-refractivity contribution is 5.88. The van der Waals surface area contributed by atoms with E-state index in [0.29, 0.717) is 25.3 Å². The molecule has 2 fully saturated rings. The Morgan fingerprint density at radius 2 is 2.06 bits per heavy atom. The minimum absolute atomic E-state index is 0.0365. The Labute approximate surface area is 184 Å². The number of carbonyl (C=O) groups excluding carboxylic acids is 3. The van der Waals surface area contributed by atoms with E-state index in [9.17, 15) is 14.4 Å². The summed E-state index contributed by atoms with van der Waals surface area (Å²) in [5.74, 6) is 0.131. The van der Waals surface area contributed by atoms with Gasteiger partial charge in [0, 0.05) is 43.4 Å². The number of methoxy groups -OCH3 is 1. The molecule has 7 heteroatoms. The smallest absolute Gasteiger partial charge is 0.306 e. The first kappa shape index (κ1) is 23.2. The Hall–Kier alpha value is -2.44. The first-order valence-corrected chi connectivity index (χ1v) is 11.4. The zero-order valence-corrected chi connectivity index (χ0v) is 18.9. The van der Waals surface area contributed by atoms with E-state index in [1.807, 2.05) is 23.1 Å². The summed E-state index contributed by atoms with van der Waals surface area (Å²) in [6.45, 7) is 4.87. The van der Waals surface area contributed by atoms with E-state index in [1.54, 1.807) is 6.20 Å². The highest BCUT2D eigenvalue weighted by Crippen LogP contribution is 2.53. The molecule has 2 amide bonds. The van der Waals surface area contributed by atoms with E-state index < -0.39 is 5.41 Å². The van der Waals surface area contributed by atoms with Crippen molar-refractivity contribution in [2.24, 2.45) is 11.3 Å². The van der Waals surface area contributed by atoms with E-state index in [1.165, 1.54) is 7.11 Å². The zero-order valence-electron chi connectivity index (χ0n) is 18.9. The average molecular weight is 430 g/mol. The molecule has 2 aliphatic rings. The van der Waals surface area contributed by atoms with Crippen LogP contribution < -0.4 is 5.32 Å². The molecule has 0 spiro atoms. The van der Waals surface area contributed by atoms with Gasteiger partial charge in [-0.05, 0) is 50.2 Å².